The summed E-state index contributed by atoms with van der Waals surface area (Å²) in [5, 5.41) is 8.11. The number of rotatable bonds is 8. The van der Waals surface area contributed by atoms with Gasteiger partial charge in [0.15, 0.2) is 0 Å². The third-order valence-electron chi connectivity index (χ3n) is 7.53. The average Bonchev–Trinajstić information content (AvgIpc) is 3.47. The van der Waals surface area contributed by atoms with E-state index in [9.17, 15) is 18.0 Å². The zero-order chi connectivity index (χ0) is 26.0. The van der Waals surface area contributed by atoms with E-state index in [0.29, 0.717) is 31.6 Å². The van der Waals surface area contributed by atoms with Crippen molar-refractivity contribution in [3.63, 3.8) is 0 Å². The van der Waals surface area contributed by atoms with E-state index in [4.69, 9.17) is 0 Å². The van der Waals surface area contributed by atoms with Crippen LogP contribution < -0.4 is 10.6 Å². The molecule has 1 aliphatic heterocycles. The van der Waals surface area contributed by atoms with Crippen LogP contribution in [0, 0.1) is 11.8 Å². The normalized spacial score (nSPS) is 21.5. The quantitative estimate of drug-likeness (QED) is 0.440. The van der Waals surface area contributed by atoms with E-state index in [-0.39, 0.29) is 34.6 Å². The van der Waals surface area contributed by atoms with Gasteiger partial charge in [-0.25, -0.2) is 8.42 Å². The second kappa shape index (κ2) is 10.5. The number of hydrogen-bond acceptors (Lipinski definition) is 4. The van der Waals surface area contributed by atoms with Gasteiger partial charge < -0.3 is 10.6 Å². The van der Waals surface area contributed by atoms with Crippen LogP contribution in [0.2, 0.25) is 0 Å². The lowest BCUT2D eigenvalue weighted by atomic mass is 10.0. The molecule has 1 heterocycles. The molecule has 2 unspecified atom stereocenters. The minimum absolute atomic E-state index is 0.0776. The summed E-state index contributed by atoms with van der Waals surface area (Å²) in [6, 6.07) is 20.7. The van der Waals surface area contributed by atoms with E-state index in [1.165, 1.54) is 6.08 Å². The Bertz CT molecular complexity index is 1420. The molecule has 3 aromatic carbocycles. The molecule has 7 nitrogen and oxygen atoms in total. The number of fused-ring (bicyclic) bond motifs is 2. The van der Waals surface area contributed by atoms with E-state index in [1.54, 1.807) is 28.6 Å². The second-order valence-electron chi connectivity index (χ2n) is 9.93. The van der Waals surface area contributed by atoms with Crippen LogP contribution in [0.5, 0.6) is 0 Å². The van der Waals surface area contributed by atoms with Gasteiger partial charge in [0.1, 0.15) is 0 Å². The van der Waals surface area contributed by atoms with Crippen LogP contribution in [0.1, 0.15) is 24.8 Å². The number of carbonyl (C=O) groups excluding carboxylic acids is 2. The molecule has 192 valence electrons. The Kier molecular flexibility index (Phi) is 7.13. The van der Waals surface area contributed by atoms with Gasteiger partial charge >= 0.3 is 0 Å². The molecule has 2 aliphatic rings. The topological polar surface area (TPSA) is 95.6 Å². The van der Waals surface area contributed by atoms with Crippen molar-refractivity contribution in [3.05, 3.63) is 84.9 Å². The fourth-order valence-corrected chi connectivity index (χ4v) is 7.23. The molecule has 0 radical (unpaired) electrons. The van der Waals surface area contributed by atoms with E-state index in [2.05, 4.69) is 35.4 Å². The summed E-state index contributed by atoms with van der Waals surface area (Å²) >= 11 is 0. The molecule has 1 saturated carbocycles. The molecule has 3 aromatic rings. The number of carbonyl (C=O) groups is 2. The smallest absolute Gasteiger partial charge is 0.243 e. The van der Waals surface area contributed by atoms with Crippen LogP contribution >= 0.6 is 0 Å². The van der Waals surface area contributed by atoms with Gasteiger partial charge in [-0.05, 0) is 77.8 Å². The minimum atomic E-state index is -3.62. The highest BCUT2D eigenvalue weighted by atomic mass is 32.2. The van der Waals surface area contributed by atoms with Gasteiger partial charge in [-0.1, -0.05) is 49.0 Å². The number of nitrogens with one attached hydrogen (secondary N) is 2. The summed E-state index contributed by atoms with van der Waals surface area (Å²) in [6.45, 7) is 4.40. The lowest BCUT2D eigenvalue weighted by molar-refractivity contribution is -0.117. The fraction of sp³-hybridized carbons (Fsp3) is 0.310. The SMILES string of the molecule is C=CC(=O)NC1CC2CN(S(=O)(=O)c3ccc(NC(=O)CCc4cccc5ccccc45)cc3)CC2C1. The number of anilines is 1. The first-order valence-electron chi connectivity index (χ1n) is 12.6. The highest BCUT2D eigenvalue weighted by molar-refractivity contribution is 7.89. The molecule has 8 heteroatoms. The third-order valence-corrected chi connectivity index (χ3v) is 9.37. The van der Waals surface area contributed by atoms with Gasteiger partial charge in [0, 0.05) is 31.2 Å². The molecule has 2 amide bonds. The Balaban J connectivity index is 1.16. The second-order valence-corrected chi connectivity index (χ2v) is 11.9. The molecule has 1 aliphatic carbocycles. The van der Waals surface area contributed by atoms with Crippen molar-refractivity contribution in [2.75, 3.05) is 18.4 Å². The van der Waals surface area contributed by atoms with E-state index in [1.807, 2.05) is 24.3 Å². The summed E-state index contributed by atoms with van der Waals surface area (Å²) in [4.78, 5) is 24.4. The summed E-state index contributed by atoms with van der Waals surface area (Å²) in [5.74, 6) is 0.180. The zero-order valence-corrected chi connectivity index (χ0v) is 21.4. The standard InChI is InChI=1S/C29H31N3O4S/c1-2-28(33)31-25-16-22-18-32(19-23(22)17-25)37(35,36)26-13-11-24(12-14-26)30-29(34)15-10-21-8-5-7-20-6-3-4-9-27(20)21/h2-9,11-14,22-23,25H,1,10,15-19H2,(H,30,34)(H,31,33). The van der Waals surface area contributed by atoms with Gasteiger partial charge in [0.25, 0.3) is 0 Å². The summed E-state index contributed by atoms with van der Waals surface area (Å²) in [5.41, 5.74) is 1.69. The largest absolute Gasteiger partial charge is 0.350 e. The average molecular weight is 518 g/mol. The van der Waals surface area contributed by atoms with Gasteiger partial charge in [0.2, 0.25) is 21.8 Å². The monoisotopic (exact) mass is 517 g/mol. The molecule has 5 rings (SSSR count). The van der Waals surface area contributed by atoms with Crippen molar-refractivity contribution in [1.29, 1.82) is 0 Å². The first-order valence-corrected chi connectivity index (χ1v) is 14.1. The Morgan fingerprint density at radius 1 is 0.946 bits per heavy atom. The van der Waals surface area contributed by atoms with Gasteiger partial charge in [-0.15, -0.1) is 0 Å². The lowest BCUT2D eigenvalue weighted by Gasteiger charge is -2.19. The fourth-order valence-electron chi connectivity index (χ4n) is 5.67. The Morgan fingerprint density at radius 2 is 1.62 bits per heavy atom. The van der Waals surface area contributed by atoms with Gasteiger partial charge in [0.05, 0.1) is 4.90 Å². The Hall–Kier alpha value is -3.49. The molecular formula is C29H31N3O4S. The van der Waals surface area contributed by atoms with E-state index >= 15 is 0 Å². The zero-order valence-electron chi connectivity index (χ0n) is 20.6. The maximum Gasteiger partial charge on any atom is 0.243 e. The van der Waals surface area contributed by atoms with E-state index in [0.717, 1.165) is 29.2 Å². The Morgan fingerprint density at radius 3 is 2.32 bits per heavy atom. The molecule has 0 aromatic heterocycles. The number of sulfonamides is 1. The first kappa shape index (κ1) is 25.2. The Labute approximate surface area is 217 Å². The van der Waals surface area contributed by atoms with Crippen LogP contribution in [-0.2, 0) is 26.0 Å². The van der Waals surface area contributed by atoms with Crippen molar-refractivity contribution in [2.24, 2.45) is 11.8 Å². The van der Waals surface area contributed by atoms with Crippen LogP contribution in [0.3, 0.4) is 0 Å². The van der Waals surface area contributed by atoms with Crippen molar-refractivity contribution in [1.82, 2.24) is 9.62 Å². The van der Waals surface area contributed by atoms with Crippen molar-refractivity contribution in [2.45, 2.75) is 36.6 Å². The maximum absolute atomic E-state index is 13.2. The van der Waals surface area contributed by atoms with Crippen LogP contribution in [0.15, 0.2) is 84.3 Å². The predicted molar refractivity (Wildman–Crippen MR) is 144 cm³/mol. The molecule has 1 saturated heterocycles. The van der Waals surface area contributed by atoms with Crippen LogP contribution in [-0.4, -0.2) is 43.7 Å². The molecular weight excluding hydrogens is 486 g/mol. The number of benzene rings is 3. The predicted octanol–water partition coefficient (Wildman–Crippen LogP) is 4.11. The number of hydrogen-bond donors (Lipinski definition) is 2. The van der Waals surface area contributed by atoms with Crippen molar-refractivity contribution < 1.29 is 18.0 Å². The van der Waals surface area contributed by atoms with E-state index < -0.39 is 10.0 Å². The molecule has 2 atom stereocenters. The van der Waals surface area contributed by atoms with Crippen LogP contribution in [0.4, 0.5) is 5.69 Å². The summed E-state index contributed by atoms with van der Waals surface area (Å²) in [6.07, 6.45) is 3.77. The summed E-state index contributed by atoms with van der Waals surface area (Å²) in [7, 11) is -3.62. The van der Waals surface area contributed by atoms with Crippen molar-refractivity contribution in [3.8, 4) is 0 Å². The molecule has 0 spiro atoms. The number of nitrogens with zero attached hydrogens (tertiary/aromatic N) is 1. The van der Waals surface area contributed by atoms with Crippen molar-refractivity contribution >= 4 is 38.3 Å². The minimum Gasteiger partial charge on any atom is -0.350 e. The number of amides is 2. The first-order chi connectivity index (χ1) is 17.8. The summed E-state index contributed by atoms with van der Waals surface area (Å²) < 4.78 is 28.0. The molecule has 37 heavy (non-hydrogen) atoms. The molecule has 2 fully saturated rings. The molecule has 0 bridgehead atoms. The number of aryl methyl sites for hydroxylation is 1. The maximum atomic E-state index is 13.2. The molecule has 2 N–H and O–H groups in total. The third kappa shape index (κ3) is 5.45. The van der Waals surface area contributed by atoms with Gasteiger partial charge in [-0.2, -0.15) is 4.31 Å². The lowest BCUT2D eigenvalue weighted by Crippen LogP contribution is -2.35. The highest BCUT2D eigenvalue weighted by Crippen LogP contribution is 2.40. The highest BCUT2D eigenvalue weighted by Gasteiger charge is 2.45. The van der Waals surface area contributed by atoms with Crippen LogP contribution in [0.25, 0.3) is 10.8 Å². The van der Waals surface area contributed by atoms with Gasteiger partial charge in [-0.3, -0.25) is 9.59 Å².